The Bertz CT molecular complexity index is 1090. The molecule has 0 unspecified atom stereocenters. The number of fused-ring (bicyclic) bond motifs is 3. The number of aromatic nitrogens is 1. The van der Waals surface area contributed by atoms with Gasteiger partial charge in [0.25, 0.3) is 11.8 Å². The summed E-state index contributed by atoms with van der Waals surface area (Å²) in [5.41, 5.74) is 1.51. The van der Waals surface area contributed by atoms with Gasteiger partial charge in [-0.1, -0.05) is 12.1 Å². The summed E-state index contributed by atoms with van der Waals surface area (Å²) >= 11 is 1.49. The molecule has 1 aromatic carbocycles. The fraction of sp³-hybridized carbons (Fsp3) is 0.273. The van der Waals surface area contributed by atoms with Gasteiger partial charge in [-0.25, -0.2) is 4.39 Å². The van der Waals surface area contributed by atoms with Crippen LogP contribution in [-0.2, 0) is 6.54 Å². The number of rotatable bonds is 3. The smallest absolute Gasteiger partial charge is 0.271 e. The van der Waals surface area contributed by atoms with Crippen LogP contribution < -0.4 is 0 Å². The first-order chi connectivity index (χ1) is 14.0. The highest BCUT2D eigenvalue weighted by Gasteiger charge is 2.46. The lowest BCUT2D eigenvalue weighted by Gasteiger charge is -2.38. The number of thiophene rings is 1. The third kappa shape index (κ3) is 3.06. The van der Waals surface area contributed by atoms with Crippen molar-refractivity contribution in [2.45, 2.75) is 25.6 Å². The van der Waals surface area contributed by atoms with E-state index < -0.39 is 0 Å². The fourth-order valence-electron chi connectivity index (χ4n) is 4.36. The molecule has 5 rings (SSSR count). The molecule has 3 aromatic rings. The van der Waals surface area contributed by atoms with Crippen LogP contribution in [0.1, 0.15) is 36.6 Å². The Morgan fingerprint density at radius 1 is 1.10 bits per heavy atom. The van der Waals surface area contributed by atoms with Gasteiger partial charge in [0.15, 0.2) is 0 Å². The van der Waals surface area contributed by atoms with E-state index in [9.17, 15) is 14.0 Å². The van der Waals surface area contributed by atoms with E-state index in [-0.39, 0.29) is 29.7 Å². The molecule has 0 aliphatic carbocycles. The first-order valence-electron chi connectivity index (χ1n) is 9.59. The molecule has 0 bridgehead atoms. The van der Waals surface area contributed by atoms with E-state index in [2.05, 4.69) is 0 Å². The van der Waals surface area contributed by atoms with E-state index >= 15 is 0 Å². The van der Waals surface area contributed by atoms with E-state index in [0.717, 1.165) is 15.3 Å². The molecule has 2 aliphatic heterocycles. The van der Waals surface area contributed by atoms with Crippen molar-refractivity contribution in [2.75, 3.05) is 13.1 Å². The molecule has 2 aromatic heterocycles. The molecular formula is C22H20FN3O2S. The maximum Gasteiger partial charge on any atom is 0.271 e. The summed E-state index contributed by atoms with van der Waals surface area (Å²) in [5, 5.41) is 0. The van der Waals surface area contributed by atoms with Crippen LogP contribution in [0.4, 0.5) is 4.39 Å². The zero-order valence-corrected chi connectivity index (χ0v) is 16.7. The number of hydrogen-bond donors (Lipinski definition) is 0. The molecule has 0 spiro atoms. The quantitative estimate of drug-likeness (QED) is 0.662. The largest absolute Gasteiger partial charge is 0.337 e. The zero-order chi connectivity index (χ0) is 20.1. The van der Waals surface area contributed by atoms with Gasteiger partial charge in [0.05, 0.1) is 17.0 Å². The second-order valence-corrected chi connectivity index (χ2v) is 8.90. The van der Waals surface area contributed by atoms with Crippen molar-refractivity contribution in [1.29, 1.82) is 0 Å². The minimum atomic E-state index is -0.297. The number of benzene rings is 1. The maximum atomic E-state index is 13.3. The Kier molecular flexibility index (Phi) is 4.28. The normalized spacial score (nSPS) is 20.7. The zero-order valence-electron chi connectivity index (χ0n) is 15.9. The standard InChI is InChI=1S/C22H20FN3O2S/c1-14-4-9-20(29-14)22(28)24-12-18-19(13-24)26(11-15-5-7-16(23)8-6-15)21(27)17-3-2-10-25(17)18/h2-10,18-19H,11-13H2,1H3/t18-,19+/m0/s1. The molecule has 1 saturated heterocycles. The van der Waals surface area contributed by atoms with Gasteiger partial charge in [0.1, 0.15) is 11.5 Å². The van der Waals surface area contributed by atoms with Crippen LogP contribution in [0.3, 0.4) is 0 Å². The van der Waals surface area contributed by atoms with Gasteiger partial charge in [-0.2, -0.15) is 0 Å². The van der Waals surface area contributed by atoms with Gasteiger partial charge in [0.2, 0.25) is 0 Å². The second-order valence-electron chi connectivity index (χ2n) is 7.62. The Hall–Kier alpha value is -2.93. The van der Waals surface area contributed by atoms with Crippen molar-refractivity contribution in [3.05, 3.63) is 81.6 Å². The summed E-state index contributed by atoms with van der Waals surface area (Å²) in [7, 11) is 0. The lowest BCUT2D eigenvalue weighted by atomic mass is 10.0. The molecule has 2 amide bonds. The number of aryl methyl sites for hydroxylation is 1. The molecule has 7 heteroatoms. The Labute approximate surface area is 172 Å². The highest BCUT2D eigenvalue weighted by molar-refractivity contribution is 7.13. The van der Waals surface area contributed by atoms with Crippen molar-refractivity contribution in [3.8, 4) is 0 Å². The summed E-state index contributed by atoms with van der Waals surface area (Å²) < 4.78 is 15.3. The Morgan fingerprint density at radius 3 is 2.59 bits per heavy atom. The van der Waals surface area contributed by atoms with Gasteiger partial charge < -0.3 is 14.4 Å². The van der Waals surface area contributed by atoms with Crippen molar-refractivity contribution in [2.24, 2.45) is 0 Å². The number of nitrogens with zero attached hydrogens (tertiary/aromatic N) is 3. The monoisotopic (exact) mass is 409 g/mol. The first-order valence-corrected chi connectivity index (χ1v) is 10.4. The van der Waals surface area contributed by atoms with Crippen LogP contribution in [0.15, 0.2) is 54.7 Å². The molecule has 1 fully saturated rings. The highest BCUT2D eigenvalue weighted by atomic mass is 32.1. The summed E-state index contributed by atoms with van der Waals surface area (Å²) in [6.07, 6.45) is 1.92. The van der Waals surface area contributed by atoms with Crippen LogP contribution in [0.5, 0.6) is 0 Å². The highest BCUT2D eigenvalue weighted by Crippen LogP contribution is 2.35. The Morgan fingerprint density at radius 2 is 1.86 bits per heavy atom. The van der Waals surface area contributed by atoms with Gasteiger partial charge >= 0.3 is 0 Å². The molecule has 5 nitrogen and oxygen atoms in total. The van der Waals surface area contributed by atoms with Crippen molar-refractivity contribution < 1.29 is 14.0 Å². The van der Waals surface area contributed by atoms with E-state index in [0.29, 0.717) is 25.3 Å². The first kappa shape index (κ1) is 18.1. The lowest BCUT2D eigenvalue weighted by Crippen LogP contribution is -2.49. The molecule has 2 aliphatic rings. The van der Waals surface area contributed by atoms with Crippen LogP contribution >= 0.6 is 11.3 Å². The molecular weight excluding hydrogens is 389 g/mol. The van der Waals surface area contributed by atoms with Crippen LogP contribution in [0.2, 0.25) is 0 Å². The third-order valence-electron chi connectivity index (χ3n) is 5.78. The average Bonchev–Trinajstić information content (AvgIpc) is 3.44. The third-order valence-corrected chi connectivity index (χ3v) is 6.77. The summed E-state index contributed by atoms with van der Waals surface area (Å²) in [6, 6.07) is 13.7. The maximum absolute atomic E-state index is 13.3. The van der Waals surface area contributed by atoms with Crippen LogP contribution in [-0.4, -0.2) is 45.3 Å². The number of carbonyl (C=O) groups excluding carboxylic acids is 2. The van der Waals surface area contributed by atoms with Gasteiger partial charge in [-0.05, 0) is 48.9 Å². The fourth-order valence-corrected chi connectivity index (χ4v) is 5.19. The molecule has 0 radical (unpaired) electrons. The molecule has 148 valence electrons. The summed E-state index contributed by atoms with van der Waals surface area (Å²) in [6.45, 7) is 3.44. The number of carbonyl (C=O) groups is 2. The molecule has 0 saturated carbocycles. The lowest BCUT2D eigenvalue weighted by molar-refractivity contribution is 0.0551. The van der Waals surface area contributed by atoms with Crippen LogP contribution in [0, 0.1) is 12.7 Å². The van der Waals surface area contributed by atoms with E-state index in [4.69, 9.17) is 0 Å². The van der Waals surface area contributed by atoms with Crippen molar-refractivity contribution in [1.82, 2.24) is 14.4 Å². The van der Waals surface area contributed by atoms with Crippen LogP contribution in [0.25, 0.3) is 0 Å². The van der Waals surface area contributed by atoms with Crippen molar-refractivity contribution >= 4 is 23.2 Å². The van der Waals surface area contributed by atoms with Gasteiger partial charge in [-0.15, -0.1) is 11.3 Å². The van der Waals surface area contributed by atoms with E-state index in [1.54, 1.807) is 12.1 Å². The minimum absolute atomic E-state index is 0.0142. The topological polar surface area (TPSA) is 45.6 Å². The number of amides is 2. The molecule has 4 heterocycles. The van der Waals surface area contributed by atoms with E-state index in [1.807, 2.05) is 51.8 Å². The average molecular weight is 409 g/mol. The molecule has 29 heavy (non-hydrogen) atoms. The molecule has 0 N–H and O–H groups in total. The van der Waals surface area contributed by atoms with Gasteiger partial charge in [-0.3, -0.25) is 9.59 Å². The van der Waals surface area contributed by atoms with Crippen molar-refractivity contribution in [3.63, 3.8) is 0 Å². The van der Waals surface area contributed by atoms with E-state index in [1.165, 1.54) is 23.5 Å². The number of likely N-dealkylation sites (tertiary alicyclic amines) is 1. The second kappa shape index (κ2) is 6.84. The van der Waals surface area contributed by atoms with Gasteiger partial charge in [0, 0.05) is 30.7 Å². The number of halogens is 1. The predicted molar refractivity (Wildman–Crippen MR) is 108 cm³/mol. The SMILES string of the molecule is Cc1ccc(C(=O)N2C[C@@H]3[C@H](C2)n2cccc2C(=O)N3Cc2ccc(F)cc2)s1. The summed E-state index contributed by atoms with van der Waals surface area (Å²) in [5.74, 6) is -0.336. The molecule has 2 atom stereocenters. The Balaban J connectivity index is 1.46. The summed E-state index contributed by atoms with van der Waals surface area (Å²) in [4.78, 5) is 31.7. The predicted octanol–water partition coefficient (Wildman–Crippen LogP) is 3.72. The number of hydrogen-bond acceptors (Lipinski definition) is 3. The minimum Gasteiger partial charge on any atom is -0.337 e.